The van der Waals surface area contributed by atoms with E-state index in [2.05, 4.69) is 28.7 Å². The van der Waals surface area contributed by atoms with E-state index >= 15 is 0 Å². The molecule has 1 aromatic heterocycles. The number of nitrogens with zero attached hydrogens (tertiary/aromatic N) is 2. The molecule has 0 atom stereocenters. The second-order valence-corrected chi connectivity index (χ2v) is 6.84. The molecule has 128 valence electrons. The maximum absolute atomic E-state index is 12.7. The standard InChI is InChI=1S/C15H24N4O3S/c1-10-11(12(23)17-14(21)16-10)13(20)18-5-7-19(8-6-18)15(2,3)9-22-4/h5-9H2,1-4H3,(H2,16,17,21,23). The SMILES string of the molecule is COCC(C)(C)N1CCN(C(=O)c2c(C)[nH]c(=O)[nH]c2=S)CC1. The number of aryl methyl sites for hydroxylation is 1. The van der Waals surface area contributed by atoms with E-state index in [-0.39, 0.29) is 16.1 Å². The second kappa shape index (κ2) is 6.94. The van der Waals surface area contributed by atoms with Crippen LogP contribution in [-0.4, -0.2) is 71.1 Å². The minimum atomic E-state index is -0.393. The van der Waals surface area contributed by atoms with Crippen molar-refractivity contribution < 1.29 is 9.53 Å². The molecule has 1 aliphatic rings. The number of H-pyrrole nitrogens is 2. The fourth-order valence-corrected chi connectivity index (χ4v) is 3.31. The molecule has 1 amide bonds. The van der Waals surface area contributed by atoms with Crippen LogP contribution < -0.4 is 5.69 Å². The summed E-state index contributed by atoms with van der Waals surface area (Å²) in [5, 5.41) is 0. The molecule has 8 heteroatoms. The highest BCUT2D eigenvalue weighted by Gasteiger charge is 2.32. The lowest BCUT2D eigenvalue weighted by molar-refractivity contribution is 0.00366. The molecule has 2 heterocycles. The van der Waals surface area contributed by atoms with E-state index in [4.69, 9.17) is 17.0 Å². The minimum absolute atomic E-state index is 0.0608. The number of aromatic amines is 2. The Kier molecular flexibility index (Phi) is 5.38. The van der Waals surface area contributed by atoms with Crippen LogP contribution in [0.2, 0.25) is 0 Å². The number of aromatic nitrogens is 2. The number of carbonyl (C=O) groups excluding carboxylic acids is 1. The van der Waals surface area contributed by atoms with Crippen LogP contribution in [0.3, 0.4) is 0 Å². The molecule has 1 fully saturated rings. The first-order valence-corrected chi connectivity index (χ1v) is 8.03. The van der Waals surface area contributed by atoms with Crippen molar-refractivity contribution in [1.82, 2.24) is 19.8 Å². The van der Waals surface area contributed by atoms with Crippen LogP contribution in [0.4, 0.5) is 0 Å². The van der Waals surface area contributed by atoms with Crippen molar-refractivity contribution >= 4 is 18.1 Å². The third-order valence-corrected chi connectivity index (χ3v) is 4.57. The average molecular weight is 340 g/mol. The number of rotatable bonds is 4. The molecule has 1 aliphatic heterocycles. The Bertz CT molecular complexity index is 687. The number of hydrogen-bond donors (Lipinski definition) is 2. The lowest BCUT2D eigenvalue weighted by Gasteiger charge is -2.43. The smallest absolute Gasteiger partial charge is 0.324 e. The second-order valence-electron chi connectivity index (χ2n) is 6.43. The molecule has 23 heavy (non-hydrogen) atoms. The summed E-state index contributed by atoms with van der Waals surface area (Å²) < 4.78 is 5.47. The zero-order valence-corrected chi connectivity index (χ0v) is 14.9. The van der Waals surface area contributed by atoms with Gasteiger partial charge in [0.05, 0.1) is 12.2 Å². The summed E-state index contributed by atoms with van der Waals surface area (Å²) >= 11 is 5.14. The Balaban J connectivity index is 2.11. The van der Waals surface area contributed by atoms with Gasteiger partial charge in [0.15, 0.2) is 0 Å². The summed E-state index contributed by atoms with van der Waals surface area (Å²) in [6, 6.07) is 0. The highest BCUT2D eigenvalue weighted by Crippen LogP contribution is 2.19. The van der Waals surface area contributed by atoms with Gasteiger partial charge in [0, 0.05) is 44.5 Å². The van der Waals surface area contributed by atoms with Crippen LogP contribution >= 0.6 is 12.2 Å². The number of methoxy groups -OCH3 is 1. The van der Waals surface area contributed by atoms with Gasteiger partial charge in [0.1, 0.15) is 4.64 Å². The van der Waals surface area contributed by atoms with E-state index in [0.717, 1.165) is 13.1 Å². The van der Waals surface area contributed by atoms with Crippen LogP contribution in [0.1, 0.15) is 29.9 Å². The molecule has 0 spiro atoms. The Morgan fingerprint density at radius 2 is 1.87 bits per heavy atom. The minimum Gasteiger partial charge on any atom is -0.383 e. The number of nitrogens with one attached hydrogen (secondary N) is 2. The molecule has 0 aliphatic carbocycles. The first kappa shape index (κ1) is 17.8. The Hall–Kier alpha value is -1.51. The molecule has 0 bridgehead atoms. The normalized spacial score (nSPS) is 16.6. The van der Waals surface area contributed by atoms with Gasteiger partial charge < -0.3 is 14.6 Å². The van der Waals surface area contributed by atoms with Gasteiger partial charge >= 0.3 is 5.69 Å². The Labute approximate surface area is 140 Å². The molecule has 0 aromatic carbocycles. The van der Waals surface area contributed by atoms with Crippen molar-refractivity contribution in [2.24, 2.45) is 0 Å². The summed E-state index contributed by atoms with van der Waals surface area (Å²) in [4.78, 5) is 33.2. The topological polar surface area (TPSA) is 81.4 Å². The largest absolute Gasteiger partial charge is 0.383 e. The van der Waals surface area contributed by atoms with Crippen LogP contribution in [0.5, 0.6) is 0 Å². The zero-order chi connectivity index (χ0) is 17.2. The summed E-state index contributed by atoms with van der Waals surface area (Å²) in [6.45, 7) is 9.41. The summed E-state index contributed by atoms with van der Waals surface area (Å²) in [6.07, 6.45) is 0. The molecule has 7 nitrogen and oxygen atoms in total. The molecule has 2 N–H and O–H groups in total. The highest BCUT2D eigenvalue weighted by molar-refractivity contribution is 7.71. The van der Waals surface area contributed by atoms with E-state index in [1.54, 1.807) is 18.9 Å². The van der Waals surface area contributed by atoms with E-state index < -0.39 is 5.69 Å². The van der Waals surface area contributed by atoms with E-state index in [1.165, 1.54) is 0 Å². The van der Waals surface area contributed by atoms with Crippen molar-refractivity contribution in [1.29, 1.82) is 0 Å². The molecule has 0 unspecified atom stereocenters. The average Bonchev–Trinajstić information content (AvgIpc) is 2.46. The monoisotopic (exact) mass is 340 g/mol. The number of hydrogen-bond acceptors (Lipinski definition) is 5. The zero-order valence-electron chi connectivity index (χ0n) is 14.1. The fourth-order valence-electron chi connectivity index (χ4n) is 2.97. The molecule has 1 saturated heterocycles. The van der Waals surface area contributed by atoms with Gasteiger partial charge in [-0.3, -0.25) is 14.7 Å². The van der Waals surface area contributed by atoms with Crippen molar-refractivity contribution in [3.63, 3.8) is 0 Å². The molecule has 2 rings (SSSR count). The predicted molar refractivity (Wildman–Crippen MR) is 90.4 cm³/mol. The fraction of sp³-hybridized carbons (Fsp3) is 0.667. The van der Waals surface area contributed by atoms with Crippen LogP contribution in [-0.2, 0) is 4.74 Å². The Morgan fingerprint density at radius 3 is 2.39 bits per heavy atom. The van der Waals surface area contributed by atoms with Gasteiger partial charge in [0.2, 0.25) is 0 Å². The molecule has 1 aromatic rings. The maximum atomic E-state index is 12.7. The van der Waals surface area contributed by atoms with E-state index in [0.29, 0.717) is 31.0 Å². The van der Waals surface area contributed by atoms with Gasteiger partial charge in [-0.15, -0.1) is 0 Å². The number of amides is 1. The van der Waals surface area contributed by atoms with Crippen molar-refractivity contribution in [2.45, 2.75) is 26.3 Å². The lowest BCUT2D eigenvalue weighted by Crippen LogP contribution is -2.57. The van der Waals surface area contributed by atoms with Gasteiger partial charge in [-0.25, -0.2) is 4.79 Å². The van der Waals surface area contributed by atoms with Crippen LogP contribution in [0.15, 0.2) is 4.79 Å². The number of ether oxygens (including phenoxy) is 1. The van der Waals surface area contributed by atoms with Gasteiger partial charge in [0.25, 0.3) is 5.91 Å². The van der Waals surface area contributed by atoms with Crippen molar-refractivity contribution in [3.8, 4) is 0 Å². The van der Waals surface area contributed by atoms with Crippen LogP contribution in [0, 0.1) is 11.6 Å². The quantitative estimate of drug-likeness (QED) is 0.797. The summed E-state index contributed by atoms with van der Waals surface area (Å²) in [7, 11) is 1.70. The Morgan fingerprint density at radius 1 is 1.26 bits per heavy atom. The highest BCUT2D eigenvalue weighted by atomic mass is 32.1. The summed E-state index contributed by atoms with van der Waals surface area (Å²) in [5.74, 6) is -0.135. The molecule has 0 radical (unpaired) electrons. The lowest BCUT2D eigenvalue weighted by atomic mass is 10.0. The van der Waals surface area contributed by atoms with E-state index in [9.17, 15) is 9.59 Å². The molecule has 0 saturated carbocycles. The van der Waals surface area contributed by atoms with Crippen molar-refractivity contribution in [3.05, 3.63) is 26.4 Å². The van der Waals surface area contributed by atoms with E-state index in [1.807, 2.05) is 0 Å². The van der Waals surface area contributed by atoms with Gasteiger partial charge in [-0.05, 0) is 20.8 Å². The third kappa shape index (κ3) is 3.88. The molecular formula is C15H24N4O3S. The van der Waals surface area contributed by atoms with Gasteiger partial charge in [-0.2, -0.15) is 0 Å². The number of carbonyl (C=O) groups is 1. The maximum Gasteiger partial charge on any atom is 0.324 e. The van der Waals surface area contributed by atoms with Crippen molar-refractivity contribution in [2.75, 3.05) is 39.9 Å². The van der Waals surface area contributed by atoms with Crippen LogP contribution in [0.25, 0.3) is 0 Å². The summed E-state index contributed by atoms with van der Waals surface area (Å²) in [5.41, 5.74) is 0.430. The number of piperazine rings is 1. The van der Waals surface area contributed by atoms with Gasteiger partial charge in [-0.1, -0.05) is 12.2 Å². The predicted octanol–water partition coefficient (Wildman–Crippen LogP) is 0.924. The third-order valence-electron chi connectivity index (χ3n) is 4.26. The first-order valence-electron chi connectivity index (χ1n) is 7.62. The molecular weight excluding hydrogens is 316 g/mol. The first-order chi connectivity index (χ1) is 10.8.